The molecule has 0 amide bonds. The predicted octanol–water partition coefficient (Wildman–Crippen LogP) is 1.95. The van der Waals surface area contributed by atoms with Gasteiger partial charge in [0.1, 0.15) is 0 Å². The summed E-state index contributed by atoms with van der Waals surface area (Å²) in [5.41, 5.74) is 4.09. The molecule has 0 aromatic heterocycles. The smallest absolute Gasteiger partial charge is 0.0337 e. The molecule has 12 heavy (non-hydrogen) atoms. The summed E-state index contributed by atoms with van der Waals surface area (Å²) in [5.74, 6) is 5.47. The first-order valence-electron chi connectivity index (χ1n) is 5.22. The number of rotatable bonds is 5. The highest BCUT2D eigenvalue weighted by molar-refractivity contribution is 5.21. The maximum Gasteiger partial charge on any atom is 0.0337 e. The number of nitrogens with two attached hydrogens (primary N) is 1. The molecule has 0 aromatic rings. The summed E-state index contributed by atoms with van der Waals surface area (Å²) in [7, 11) is 0. The molecule has 0 heterocycles. The van der Waals surface area contributed by atoms with E-state index in [1.807, 2.05) is 0 Å². The lowest BCUT2D eigenvalue weighted by atomic mass is 9.38. The zero-order valence-electron chi connectivity index (χ0n) is 8.03. The highest BCUT2D eigenvalue weighted by Gasteiger charge is 2.66. The molecule has 3 aliphatic rings. The van der Waals surface area contributed by atoms with E-state index in [0.717, 1.165) is 5.41 Å². The Balaban J connectivity index is 1.67. The minimum Gasteiger partial charge on any atom is -0.271 e. The Kier molecular flexibility index (Phi) is 1.92. The van der Waals surface area contributed by atoms with E-state index in [-0.39, 0.29) is 0 Å². The van der Waals surface area contributed by atoms with E-state index >= 15 is 0 Å². The van der Waals surface area contributed by atoms with Gasteiger partial charge in [0.15, 0.2) is 0 Å². The van der Waals surface area contributed by atoms with Gasteiger partial charge in [0.05, 0.1) is 0 Å². The SMILES string of the molecule is CCCCCC12CC(NN)(C1)C2. The summed E-state index contributed by atoms with van der Waals surface area (Å²) in [6.45, 7) is 2.27. The molecule has 70 valence electrons. The Labute approximate surface area is 74.9 Å². The lowest BCUT2D eigenvalue weighted by Gasteiger charge is -2.70. The van der Waals surface area contributed by atoms with Crippen LogP contribution in [-0.2, 0) is 0 Å². The molecule has 0 aliphatic heterocycles. The molecule has 3 saturated carbocycles. The van der Waals surface area contributed by atoms with Crippen molar-refractivity contribution in [3.8, 4) is 0 Å². The number of hydrazine groups is 1. The van der Waals surface area contributed by atoms with Crippen molar-refractivity contribution in [1.29, 1.82) is 0 Å². The first-order valence-corrected chi connectivity index (χ1v) is 5.22. The Hall–Kier alpha value is -0.0800. The van der Waals surface area contributed by atoms with Crippen molar-refractivity contribution in [2.24, 2.45) is 11.3 Å². The van der Waals surface area contributed by atoms with Crippen LogP contribution in [0.3, 0.4) is 0 Å². The van der Waals surface area contributed by atoms with Crippen LogP contribution in [0.25, 0.3) is 0 Å². The molecular weight excluding hydrogens is 148 g/mol. The number of nitrogens with one attached hydrogen (secondary N) is 1. The minimum absolute atomic E-state index is 0.395. The maximum absolute atomic E-state index is 5.47. The van der Waals surface area contributed by atoms with Crippen LogP contribution in [-0.4, -0.2) is 5.54 Å². The minimum atomic E-state index is 0.395. The summed E-state index contributed by atoms with van der Waals surface area (Å²) in [6.07, 6.45) is 9.67. The topological polar surface area (TPSA) is 38.0 Å². The van der Waals surface area contributed by atoms with E-state index in [0.29, 0.717) is 5.54 Å². The van der Waals surface area contributed by atoms with Gasteiger partial charge in [-0.3, -0.25) is 11.3 Å². The molecular formula is C10H20N2. The largest absolute Gasteiger partial charge is 0.271 e. The highest BCUT2D eigenvalue weighted by Crippen LogP contribution is 2.69. The van der Waals surface area contributed by atoms with Gasteiger partial charge in [0.25, 0.3) is 0 Å². The van der Waals surface area contributed by atoms with Crippen molar-refractivity contribution < 1.29 is 0 Å². The van der Waals surface area contributed by atoms with Crippen molar-refractivity contribution in [2.45, 2.75) is 57.4 Å². The first-order chi connectivity index (χ1) is 5.74. The monoisotopic (exact) mass is 168 g/mol. The molecule has 3 aliphatic carbocycles. The summed E-state index contributed by atoms with van der Waals surface area (Å²) < 4.78 is 0. The van der Waals surface area contributed by atoms with Crippen LogP contribution in [0.1, 0.15) is 51.9 Å². The third-order valence-electron chi connectivity index (χ3n) is 3.76. The van der Waals surface area contributed by atoms with Gasteiger partial charge in [0, 0.05) is 5.54 Å². The molecule has 2 bridgehead atoms. The van der Waals surface area contributed by atoms with Gasteiger partial charge in [-0.2, -0.15) is 0 Å². The van der Waals surface area contributed by atoms with Gasteiger partial charge in [-0.1, -0.05) is 26.2 Å². The Morgan fingerprint density at radius 2 is 1.92 bits per heavy atom. The molecule has 0 saturated heterocycles. The number of hydrogen-bond donors (Lipinski definition) is 2. The summed E-state index contributed by atoms with van der Waals surface area (Å²) in [6, 6.07) is 0. The normalized spacial score (nSPS) is 43.5. The first kappa shape index (κ1) is 8.52. The standard InChI is InChI=1S/C10H20N2/c1-2-3-4-5-9-6-10(7-9,8-9)12-11/h12H,2-8,11H2,1H3. The Morgan fingerprint density at radius 1 is 1.25 bits per heavy atom. The van der Waals surface area contributed by atoms with Gasteiger partial charge in [0.2, 0.25) is 0 Å². The molecule has 0 spiro atoms. The fourth-order valence-electron chi connectivity index (χ4n) is 3.17. The van der Waals surface area contributed by atoms with Crippen LogP contribution in [0.5, 0.6) is 0 Å². The summed E-state index contributed by atoms with van der Waals surface area (Å²) in [5, 5.41) is 0. The van der Waals surface area contributed by atoms with Crippen molar-refractivity contribution in [1.82, 2.24) is 5.43 Å². The molecule has 0 aromatic carbocycles. The molecule has 3 rings (SSSR count). The van der Waals surface area contributed by atoms with Crippen molar-refractivity contribution in [3.63, 3.8) is 0 Å². The van der Waals surface area contributed by atoms with E-state index in [1.54, 1.807) is 0 Å². The van der Waals surface area contributed by atoms with Gasteiger partial charge in [-0.05, 0) is 31.1 Å². The van der Waals surface area contributed by atoms with Crippen LogP contribution in [0.2, 0.25) is 0 Å². The zero-order valence-corrected chi connectivity index (χ0v) is 8.03. The van der Waals surface area contributed by atoms with E-state index in [9.17, 15) is 0 Å². The van der Waals surface area contributed by atoms with Crippen LogP contribution < -0.4 is 11.3 Å². The van der Waals surface area contributed by atoms with Gasteiger partial charge in [-0.15, -0.1) is 0 Å². The van der Waals surface area contributed by atoms with Crippen molar-refractivity contribution >= 4 is 0 Å². The zero-order chi connectivity index (χ0) is 8.66. The van der Waals surface area contributed by atoms with Crippen molar-refractivity contribution in [2.75, 3.05) is 0 Å². The molecule has 2 heteroatoms. The molecule has 2 nitrogen and oxygen atoms in total. The Bertz CT molecular complexity index is 157. The predicted molar refractivity (Wildman–Crippen MR) is 50.5 cm³/mol. The second kappa shape index (κ2) is 2.71. The third kappa shape index (κ3) is 1.09. The van der Waals surface area contributed by atoms with Crippen LogP contribution in [0, 0.1) is 5.41 Å². The number of unbranched alkanes of at least 4 members (excludes halogenated alkanes) is 2. The summed E-state index contributed by atoms with van der Waals surface area (Å²) in [4.78, 5) is 0. The van der Waals surface area contributed by atoms with E-state index < -0.39 is 0 Å². The third-order valence-corrected chi connectivity index (χ3v) is 3.76. The fraction of sp³-hybridized carbons (Fsp3) is 1.00. The van der Waals surface area contributed by atoms with Crippen LogP contribution in [0.4, 0.5) is 0 Å². The average molecular weight is 168 g/mol. The lowest BCUT2D eigenvalue weighted by molar-refractivity contribution is -0.160. The second-order valence-corrected chi connectivity index (χ2v) is 4.91. The van der Waals surface area contributed by atoms with Gasteiger partial charge in [-0.25, -0.2) is 0 Å². The number of hydrogen-bond acceptors (Lipinski definition) is 2. The summed E-state index contributed by atoms with van der Waals surface area (Å²) >= 11 is 0. The van der Waals surface area contributed by atoms with E-state index in [2.05, 4.69) is 12.3 Å². The Morgan fingerprint density at radius 3 is 2.42 bits per heavy atom. The molecule has 0 radical (unpaired) electrons. The van der Waals surface area contributed by atoms with E-state index in [1.165, 1.54) is 44.9 Å². The lowest BCUT2D eigenvalue weighted by Crippen LogP contribution is -2.75. The molecule has 0 atom stereocenters. The van der Waals surface area contributed by atoms with Gasteiger partial charge >= 0.3 is 0 Å². The quantitative estimate of drug-likeness (QED) is 0.374. The maximum atomic E-state index is 5.47. The van der Waals surface area contributed by atoms with Crippen molar-refractivity contribution in [3.05, 3.63) is 0 Å². The average Bonchev–Trinajstić information content (AvgIpc) is 1.92. The molecule has 0 unspecified atom stereocenters. The second-order valence-electron chi connectivity index (χ2n) is 4.91. The highest BCUT2D eigenvalue weighted by atomic mass is 15.3. The van der Waals surface area contributed by atoms with Crippen LogP contribution >= 0.6 is 0 Å². The van der Waals surface area contributed by atoms with Gasteiger partial charge < -0.3 is 0 Å². The fourth-order valence-corrected chi connectivity index (χ4v) is 3.17. The van der Waals surface area contributed by atoms with Crippen LogP contribution in [0.15, 0.2) is 0 Å². The molecule has 3 fully saturated rings. The molecule has 3 N–H and O–H groups in total. The van der Waals surface area contributed by atoms with E-state index in [4.69, 9.17) is 5.84 Å².